The van der Waals surface area contributed by atoms with Crippen LogP contribution in [-0.4, -0.2) is 31.1 Å². The van der Waals surface area contributed by atoms with E-state index >= 15 is 0 Å². The van der Waals surface area contributed by atoms with Crippen molar-refractivity contribution in [2.24, 2.45) is 0 Å². The van der Waals surface area contributed by atoms with Crippen molar-refractivity contribution in [2.45, 2.75) is 26.4 Å². The van der Waals surface area contributed by atoms with Gasteiger partial charge < -0.3 is 19.5 Å². The van der Waals surface area contributed by atoms with Crippen molar-refractivity contribution < 1.29 is 18.6 Å². The number of aromatic nitrogens is 2. The van der Waals surface area contributed by atoms with Crippen LogP contribution in [0.1, 0.15) is 29.8 Å². The van der Waals surface area contributed by atoms with E-state index in [2.05, 4.69) is 17.3 Å². The summed E-state index contributed by atoms with van der Waals surface area (Å²) in [5, 5.41) is 7.93. The van der Waals surface area contributed by atoms with Crippen molar-refractivity contribution in [1.82, 2.24) is 15.1 Å². The van der Waals surface area contributed by atoms with Crippen molar-refractivity contribution in [3.05, 3.63) is 65.2 Å². The Labute approximate surface area is 170 Å². The number of ether oxygens (including phenoxy) is 3. The number of nitrogens with one attached hydrogen (secondary N) is 1. The van der Waals surface area contributed by atoms with E-state index in [-0.39, 0.29) is 11.9 Å². The third-order valence-corrected chi connectivity index (χ3v) is 4.95. The van der Waals surface area contributed by atoms with Gasteiger partial charge in [-0.05, 0) is 38.1 Å². The first-order chi connectivity index (χ1) is 14.0. The SMILES string of the molecule is COc1ccc(CNC(C)c2cnn(-c3cccc(F)c3)c2C)c(OC)c1OC. The highest BCUT2D eigenvalue weighted by Gasteiger charge is 2.18. The molecule has 0 saturated heterocycles. The maximum Gasteiger partial charge on any atom is 0.203 e. The molecule has 0 radical (unpaired) electrons. The molecule has 1 aromatic heterocycles. The molecule has 0 aliphatic heterocycles. The Morgan fingerprint density at radius 1 is 1.07 bits per heavy atom. The monoisotopic (exact) mass is 399 g/mol. The highest BCUT2D eigenvalue weighted by Crippen LogP contribution is 2.39. The van der Waals surface area contributed by atoms with Crippen molar-refractivity contribution in [3.63, 3.8) is 0 Å². The number of rotatable bonds is 8. The quantitative estimate of drug-likeness (QED) is 0.615. The zero-order valence-corrected chi connectivity index (χ0v) is 17.3. The normalized spacial score (nSPS) is 11.9. The lowest BCUT2D eigenvalue weighted by atomic mass is 10.1. The maximum atomic E-state index is 13.6. The predicted molar refractivity (Wildman–Crippen MR) is 110 cm³/mol. The summed E-state index contributed by atoms with van der Waals surface area (Å²) in [6.45, 7) is 4.60. The first-order valence-corrected chi connectivity index (χ1v) is 9.31. The van der Waals surface area contributed by atoms with Crippen molar-refractivity contribution in [1.29, 1.82) is 0 Å². The van der Waals surface area contributed by atoms with Crippen LogP contribution in [0.3, 0.4) is 0 Å². The lowest BCUT2D eigenvalue weighted by molar-refractivity contribution is 0.321. The number of nitrogens with zero attached hydrogens (tertiary/aromatic N) is 2. The van der Waals surface area contributed by atoms with Gasteiger partial charge in [-0.15, -0.1) is 0 Å². The molecule has 154 valence electrons. The van der Waals surface area contributed by atoms with Gasteiger partial charge in [0.2, 0.25) is 5.75 Å². The first-order valence-electron chi connectivity index (χ1n) is 9.31. The molecule has 1 N–H and O–H groups in total. The lowest BCUT2D eigenvalue weighted by Crippen LogP contribution is -2.19. The summed E-state index contributed by atoms with van der Waals surface area (Å²) in [7, 11) is 4.79. The third kappa shape index (κ3) is 4.19. The Bertz CT molecular complexity index is 987. The van der Waals surface area contributed by atoms with Crippen LogP contribution in [0.2, 0.25) is 0 Å². The van der Waals surface area contributed by atoms with Gasteiger partial charge in [0, 0.05) is 29.4 Å². The number of benzene rings is 2. The van der Waals surface area contributed by atoms with Crippen LogP contribution in [0.5, 0.6) is 17.2 Å². The maximum absolute atomic E-state index is 13.6. The topological polar surface area (TPSA) is 57.5 Å². The van der Waals surface area contributed by atoms with Crippen LogP contribution in [0.25, 0.3) is 5.69 Å². The van der Waals surface area contributed by atoms with E-state index in [1.54, 1.807) is 32.1 Å². The first kappa shape index (κ1) is 20.7. The van der Waals surface area contributed by atoms with Crippen molar-refractivity contribution in [2.75, 3.05) is 21.3 Å². The minimum Gasteiger partial charge on any atom is -0.493 e. The molecule has 0 aliphatic rings. The third-order valence-electron chi connectivity index (χ3n) is 4.95. The van der Waals surface area contributed by atoms with Crippen LogP contribution in [0.15, 0.2) is 42.6 Å². The van der Waals surface area contributed by atoms with Gasteiger partial charge in [-0.3, -0.25) is 0 Å². The molecular formula is C22H26FN3O3. The fourth-order valence-electron chi connectivity index (χ4n) is 3.39. The largest absolute Gasteiger partial charge is 0.493 e. The molecule has 1 heterocycles. The predicted octanol–water partition coefficient (Wildman–Crippen LogP) is 4.20. The summed E-state index contributed by atoms with van der Waals surface area (Å²) in [5.41, 5.74) is 3.64. The molecule has 1 atom stereocenters. The smallest absolute Gasteiger partial charge is 0.203 e. The van der Waals surface area contributed by atoms with Gasteiger partial charge in [0.25, 0.3) is 0 Å². The number of halogens is 1. The highest BCUT2D eigenvalue weighted by atomic mass is 19.1. The lowest BCUT2D eigenvalue weighted by Gasteiger charge is -2.18. The molecular weight excluding hydrogens is 373 g/mol. The van der Waals surface area contributed by atoms with E-state index < -0.39 is 0 Å². The van der Waals surface area contributed by atoms with E-state index in [1.165, 1.54) is 12.1 Å². The zero-order valence-electron chi connectivity index (χ0n) is 17.3. The Balaban J connectivity index is 1.79. The van der Waals surface area contributed by atoms with Gasteiger partial charge in [-0.25, -0.2) is 9.07 Å². The van der Waals surface area contributed by atoms with Crippen LogP contribution in [0, 0.1) is 12.7 Å². The summed E-state index contributed by atoms with van der Waals surface area (Å²) in [5.74, 6) is 1.54. The standard InChI is InChI=1S/C22H26FN3O3/c1-14(19-13-25-26(15(19)2)18-8-6-7-17(23)11-18)24-12-16-9-10-20(27-3)22(29-5)21(16)28-4/h6-11,13-14,24H,12H2,1-5H3. The van der Waals surface area contributed by atoms with Gasteiger partial charge >= 0.3 is 0 Å². The summed E-state index contributed by atoms with van der Waals surface area (Å²) < 4.78 is 31.6. The Hall–Kier alpha value is -3.06. The highest BCUT2D eigenvalue weighted by molar-refractivity contribution is 5.55. The van der Waals surface area contributed by atoms with Crippen LogP contribution < -0.4 is 19.5 Å². The minimum atomic E-state index is -0.286. The minimum absolute atomic E-state index is 0.0233. The average Bonchev–Trinajstić information content (AvgIpc) is 3.12. The van der Waals surface area contributed by atoms with Crippen LogP contribution in [0.4, 0.5) is 4.39 Å². The molecule has 1 unspecified atom stereocenters. The molecule has 7 heteroatoms. The van der Waals surface area contributed by atoms with E-state index in [1.807, 2.05) is 31.3 Å². The molecule has 2 aromatic carbocycles. The zero-order chi connectivity index (χ0) is 21.0. The molecule has 3 aromatic rings. The molecule has 3 rings (SSSR count). The van der Waals surface area contributed by atoms with Gasteiger partial charge in [0.15, 0.2) is 11.5 Å². The second-order valence-corrected chi connectivity index (χ2v) is 6.67. The van der Waals surface area contributed by atoms with Gasteiger partial charge in [0.1, 0.15) is 5.82 Å². The van der Waals surface area contributed by atoms with Gasteiger partial charge in [-0.2, -0.15) is 5.10 Å². The number of methoxy groups -OCH3 is 3. The number of hydrogen-bond donors (Lipinski definition) is 1. The molecule has 0 saturated carbocycles. The second-order valence-electron chi connectivity index (χ2n) is 6.67. The van der Waals surface area contributed by atoms with E-state index in [0.29, 0.717) is 29.5 Å². The van der Waals surface area contributed by atoms with E-state index in [0.717, 1.165) is 16.8 Å². The Morgan fingerprint density at radius 2 is 1.83 bits per heavy atom. The second kappa shape index (κ2) is 8.96. The molecule has 0 bridgehead atoms. The van der Waals surface area contributed by atoms with Gasteiger partial charge in [0.05, 0.1) is 33.2 Å². The van der Waals surface area contributed by atoms with Crippen molar-refractivity contribution in [3.8, 4) is 22.9 Å². The summed E-state index contributed by atoms with van der Waals surface area (Å²) >= 11 is 0. The molecule has 0 spiro atoms. The molecule has 29 heavy (non-hydrogen) atoms. The van der Waals surface area contributed by atoms with Crippen molar-refractivity contribution >= 4 is 0 Å². The Morgan fingerprint density at radius 3 is 2.48 bits per heavy atom. The molecule has 0 fully saturated rings. The molecule has 0 amide bonds. The molecule has 6 nitrogen and oxygen atoms in total. The fourth-order valence-corrected chi connectivity index (χ4v) is 3.39. The summed E-state index contributed by atoms with van der Waals surface area (Å²) in [4.78, 5) is 0. The summed E-state index contributed by atoms with van der Waals surface area (Å²) in [6, 6.07) is 10.2. The summed E-state index contributed by atoms with van der Waals surface area (Å²) in [6.07, 6.45) is 1.81. The average molecular weight is 399 g/mol. The van der Waals surface area contributed by atoms with Gasteiger partial charge in [-0.1, -0.05) is 12.1 Å². The number of hydrogen-bond acceptors (Lipinski definition) is 5. The molecule has 0 aliphatic carbocycles. The van der Waals surface area contributed by atoms with Crippen LogP contribution >= 0.6 is 0 Å². The Kier molecular flexibility index (Phi) is 6.39. The van der Waals surface area contributed by atoms with E-state index in [9.17, 15) is 4.39 Å². The van der Waals surface area contributed by atoms with E-state index in [4.69, 9.17) is 14.2 Å². The fraction of sp³-hybridized carbons (Fsp3) is 0.318. The van der Waals surface area contributed by atoms with Crippen LogP contribution in [-0.2, 0) is 6.54 Å².